The topological polar surface area (TPSA) is 49.9 Å². The second-order valence-electron chi connectivity index (χ2n) is 0.414. The number of amidine groups is 1. The summed E-state index contributed by atoms with van der Waals surface area (Å²) in [5, 5.41) is 6.34. The Kier molecular flexibility index (Phi) is 9.68. The molecule has 0 fully saturated rings. The summed E-state index contributed by atoms with van der Waals surface area (Å²) < 4.78 is 0.306. The Labute approximate surface area is 63.7 Å². The molecule has 2 nitrogen and oxygen atoms in total. The van der Waals surface area contributed by atoms with E-state index in [4.69, 9.17) is 11.1 Å². The maximum atomic E-state index is 6.34. The Morgan fingerprint density at radius 1 is 1.80 bits per heavy atom. The average Bonchev–Trinajstić information content (AvgIpc) is 0.811. The first-order valence-electron chi connectivity index (χ1n) is 0.789. The van der Waals surface area contributed by atoms with Crippen molar-refractivity contribution in [1.29, 1.82) is 5.41 Å². The van der Waals surface area contributed by atoms with Gasteiger partial charge < -0.3 is 0 Å². The fraction of sp³-hybridized carbons (Fsp3) is 0. The normalized spacial score (nSPS) is 5.00. The van der Waals surface area contributed by atoms with E-state index in [1.165, 1.54) is 0 Å². The van der Waals surface area contributed by atoms with E-state index in [0.29, 0.717) is 29.2 Å². The molecule has 0 saturated heterocycles. The van der Waals surface area contributed by atoms with Crippen molar-refractivity contribution in [3.05, 3.63) is 0 Å². The zero-order valence-electron chi connectivity index (χ0n) is 2.49. The molecule has 0 atom stereocenters. The van der Waals surface area contributed by atoms with Gasteiger partial charge in [-0.15, -0.1) is 24.0 Å². The molecule has 3 N–H and O–H groups in total. The van der Waals surface area contributed by atoms with Crippen molar-refractivity contribution < 1.29 is 0 Å². The molecule has 29 valence electrons. The van der Waals surface area contributed by atoms with E-state index < -0.39 is 0 Å². The zero-order chi connectivity index (χ0) is 3.58. The number of hydrogen-bond donors (Lipinski definition) is 2. The van der Waals surface area contributed by atoms with E-state index in [-0.39, 0.29) is 24.0 Å². The van der Waals surface area contributed by atoms with Gasteiger partial charge in [-0.1, -0.05) is 0 Å². The molecule has 0 bridgehead atoms. The summed E-state index contributed by atoms with van der Waals surface area (Å²) >= 11 is 0.710. The molecule has 5 heavy (non-hydrogen) atoms. The predicted octanol–water partition coefficient (Wildman–Crippen LogP) is -0.334. The SMILES string of the molecule is I.N=[C](N)[Pb]. The second-order valence-corrected chi connectivity index (χ2v) is 2.51. The molecule has 0 aliphatic rings. The van der Waals surface area contributed by atoms with Crippen molar-refractivity contribution in [1.82, 2.24) is 0 Å². The molecule has 0 rings (SSSR count). The number of rotatable bonds is 0. The summed E-state index contributed by atoms with van der Waals surface area (Å²) in [5.41, 5.74) is 4.76. The molecule has 3 radical (unpaired) electrons. The first-order chi connectivity index (χ1) is 1.73. The van der Waals surface area contributed by atoms with Crippen LogP contribution in [0.5, 0.6) is 0 Å². The van der Waals surface area contributed by atoms with Crippen LogP contribution < -0.4 is 5.73 Å². The summed E-state index contributed by atoms with van der Waals surface area (Å²) in [4.78, 5) is 0. The summed E-state index contributed by atoms with van der Waals surface area (Å²) in [5.74, 6) is 0. The number of nitrogens with two attached hydrogens (primary N) is 1. The molecule has 0 amide bonds. The maximum absolute atomic E-state index is 6.34. The standard InChI is InChI=1S/CH3N2.HI.Pb/c2-1-3;;/h(H3,2,3);1H;. The summed E-state index contributed by atoms with van der Waals surface area (Å²) in [6, 6.07) is 0. The zero-order valence-corrected chi connectivity index (χ0v) is 8.70. The summed E-state index contributed by atoms with van der Waals surface area (Å²) in [6.45, 7) is 0. The van der Waals surface area contributed by atoms with Crippen LogP contribution in [-0.4, -0.2) is 29.2 Å². The molecular weight excluding hydrogens is 374 g/mol. The quantitative estimate of drug-likeness (QED) is 0.258. The van der Waals surface area contributed by atoms with Gasteiger partial charge in [0.25, 0.3) is 0 Å². The first-order valence-corrected chi connectivity index (χ1v) is 2.73. The van der Waals surface area contributed by atoms with Gasteiger partial charge in [-0.2, -0.15) is 0 Å². The van der Waals surface area contributed by atoms with Gasteiger partial charge in [0.1, 0.15) is 0 Å². The minimum absolute atomic E-state index is 0. The monoisotopic (exact) mass is 379 g/mol. The van der Waals surface area contributed by atoms with Gasteiger partial charge in [0.2, 0.25) is 0 Å². The Morgan fingerprint density at radius 3 is 1.80 bits per heavy atom. The number of halogens is 1. The molecule has 0 saturated carbocycles. The fourth-order valence-corrected chi connectivity index (χ4v) is 0. The molecule has 0 unspecified atom stereocenters. The van der Waals surface area contributed by atoms with Crippen LogP contribution in [0.25, 0.3) is 0 Å². The van der Waals surface area contributed by atoms with Gasteiger partial charge in [-0.05, 0) is 0 Å². The van der Waals surface area contributed by atoms with E-state index in [9.17, 15) is 0 Å². The molecule has 0 spiro atoms. The van der Waals surface area contributed by atoms with Crippen LogP contribution in [0.15, 0.2) is 0 Å². The number of nitrogens with one attached hydrogen (secondary N) is 1. The summed E-state index contributed by atoms with van der Waals surface area (Å²) in [7, 11) is 0. The van der Waals surface area contributed by atoms with Gasteiger partial charge in [-0.3, -0.25) is 0 Å². The Bertz CT molecular complexity index is 32.6. The van der Waals surface area contributed by atoms with Crippen molar-refractivity contribution in [2.24, 2.45) is 5.73 Å². The summed E-state index contributed by atoms with van der Waals surface area (Å²) in [6.07, 6.45) is 0. The Balaban J connectivity index is 0. The molecule has 0 heterocycles. The minimum atomic E-state index is 0. The van der Waals surface area contributed by atoms with Gasteiger partial charge in [0.05, 0.1) is 0 Å². The van der Waals surface area contributed by atoms with Crippen molar-refractivity contribution in [2.45, 2.75) is 0 Å². The third kappa shape index (κ3) is 39.7. The van der Waals surface area contributed by atoms with Crippen LogP contribution in [0.3, 0.4) is 0 Å². The van der Waals surface area contributed by atoms with Crippen LogP contribution in [0.1, 0.15) is 0 Å². The van der Waals surface area contributed by atoms with Crippen LogP contribution >= 0.6 is 24.0 Å². The molecule has 0 aromatic carbocycles. The van der Waals surface area contributed by atoms with E-state index in [1.54, 1.807) is 0 Å². The second kappa shape index (κ2) is 5.12. The third-order valence-electron chi connectivity index (χ3n) is 0. The van der Waals surface area contributed by atoms with Gasteiger partial charge in [-0.25, -0.2) is 0 Å². The molecule has 0 aliphatic carbocycles. The first kappa shape index (κ1) is 9.45. The molecular formula is CH4IN2Pb. The fourth-order valence-electron chi connectivity index (χ4n) is 0. The van der Waals surface area contributed by atoms with Crippen LogP contribution in [0.4, 0.5) is 0 Å². The van der Waals surface area contributed by atoms with Crippen molar-refractivity contribution in [2.75, 3.05) is 0 Å². The van der Waals surface area contributed by atoms with E-state index in [1.807, 2.05) is 0 Å². The van der Waals surface area contributed by atoms with E-state index in [2.05, 4.69) is 0 Å². The molecule has 4 heteroatoms. The number of hydrogen-bond acceptors (Lipinski definition) is 1. The van der Waals surface area contributed by atoms with Gasteiger partial charge in [0, 0.05) is 0 Å². The third-order valence-corrected chi connectivity index (χ3v) is 0. The molecule has 0 aromatic rings. The molecule has 0 aliphatic heterocycles. The van der Waals surface area contributed by atoms with Crippen LogP contribution in [0.2, 0.25) is 0 Å². The van der Waals surface area contributed by atoms with Crippen LogP contribution in [0, 0.1) is 5.41 Å². The predicted molar refractivity (Wildman–Crippen MR) is 33.1 cm³/mol. The van der Waals surface area contributed by atoms with Crippen molar-refractivity contribution >= 4 is 53.1 Å². The van der Waals surface area contributed by atoms with Gasteiger partial charge in [0.15, 0.2) is 0 Å². The van der Waals surface area contributed by atoms with Crippen LogP contribution in [-0.2, 0) is 0 Å². The Morgan fingerprint density at radius 2 is 1.80 bits per heavy atom. The Hall–Kier alpha value is 1.12. The van der Waals surface area contributed by atoms with E-state index >= 15 is 0 Å². The van der Waals surface area contributed by atoms with Crippen molar-refractivity contribution in [3.63, 3.8) is 0 Å². The van der Waals surface area contributed by atoms with E-state index in [0.717, 1.165) is 0 Å². The van der Waals surface area contributed by atoms with Crippen molar-refractivity contribution in [3.8, 4) is 0 Å². The van der Waals surface area contributed by atoms with Gasteiger partial charge >= 0.3 is 40.3 Å². The average molecular weight is 378 g/mol. The molecule has 0 aromatic heterocycles.